The van der Waals surface area contributed by atoms with E-state index in [9.17, 15) is 0 Å². The van der Waals surface area contributed by atoms with Crippen LogP contribution in [0.2, 0.25) is 0 Å². The molecule has 0 atom stereocenters. The van der Waals surface area contributed by atoms with Gasteiger partial charge in [0.25, 0.3) is 0 Å². The van der Waals surface area contributed by atoms with Gasteiger partial charge in [0.2, 0.25) is 0 Å². The summed E-state index contributed by atoms with van der Waals surface area (Å²) in [5, 5.41) is 4.79. The number of hydrogen-bond acceptors (Lipinski definition) is 11. The van der Waals surface area contributed by atoms with Crippen LogP contribution in [0.1, 0.15) is 111 Å². The van der Waals surface area contributed by atoms with Crippen LogP contribution in [-0.2, 0) is 37.2 Å². The Morgan fingerprint density at radius 3 is 0.712 bits per heavy atom. The van der Waals surface area contributed by atoms with E-state index in [-0.39, 0.29) is 0 Å². The fraction of sp³-hybridized carbons (Fsp3) is 0.205. The molecular formula is C117H108B4Br5N5O8. The molecule has 0 aliphatic carbocycles. The molecule has 139 heavy (non-hydrogen) atoms. The second-order valence-corrected chi connectivity index (χ2v) is 44.1. The van der Waals surface area contributed by atoms with E-state index in [4.69, 9.17) is 52.2 Å². The molecule has 22 rings (SSSR count). The van der Waals surface area contributed by atoms with E-state index >= 15 is 0 Å². The molecule has 7 heterocycles. The van der Waals surface area contributed by atoms with Gasteiger partial charge in [-0.3, -0.25) is 0 Å². The summed E-state index contributed by atoms with van der Waals surface area (Å²) >= 11 is 17.7. The maximum atomic E-state index is 6.38. The summed E-state index contributed by atoms with van der Waals surface area (Å²) in [6.07, 6.45) is 0. The molecule has 4 saturated heterocycles. The highest BCUT2D eigenvalue weighted by molar-refractivity contribution is 9.11. The van der Waals surface area contributed by atoms with Crippen LogP contribution < -0.4 is 21.9 Å². The summed E-state index contributed by atoms with van der Waals surface area (Å²) in [5.74, 6) is 1.73. The van der Waals surface area contributed by atoms with Crippen molar-refractivity contribution in [3.05, 3.63) is 386 Å². The van der Waals surface area contributed by atoms with Crippen LogP contribution in [-0.4, -0.2) is 97.4 Å². The van der Waals surface area contributed by atoms with E-state index in [1.165, 1.54) is 72.0 Å². The topological polar surface area (TPSA) is 122 Å². The molecule has 0 N–H and O–H groups in total. The van der Waals surface area contributed by atoms with Gasteiger partial charge in [-0.05, 0) is 305 Å². The lowest BCUT2D eigenvalue weighted by molar-refractivity contribution is 0.00578. The van der Waals surface area contributed by atoms with Crippen molar-refractivity contribution >= 4 is 174 Å². The molecule has 0 unspecified atom stereocenters. The van der Waals surface area contributed by atoms with Gasteiger partial charge in [-0.1, -0.05) is 316 Å². The van der Waals surface area contributed by atoms with Gasteiger partial charge >= 0.3 is 28.5 Å². The van der Waals surface area contributed by atoms with Crippen molar-refractivity contribution in [1.82, 2.24) is 24.1 Å². The van der Waals surface area contributed by atoms with Gasteiger partial charge < -0.3 is 46.4 Å². The molecule has 15 aromatic carbocycles. The molecule has 696 valence electrons. The van der Waals surface area contributed by atoms with Crippen LogP contribution in [0.15, 0.2) is 386 Å². The third-order valence-corrected chi connectivity index (χ3v) is 30.3. The molecule has 0 spiro atoms. The maximum Gasteiger partial charge on any atom is 0.494 e. The molecule has 0 amide bonds. The molecule has 3 aromatic heterocycles. The lowest BCUT2D eigenvalue weighted by Crippen LogP contribution is -2.41. The fourth-order valence-corrected chi connectivity index (χ4v) is 19.3. The standard InChI is InChI=1S/C33H37B2N3O4.C30H35B2NO4.C24H17Br.C18H11Br2N.C12H8Br2/c1-30(2)31(3,4)40-34(39-30)25-18-12-16-23(20-25)28-36-27(22-14-10-9-11-15-22)37-29(38-28)24-17-13-19-26(21-24)35-41-32(5,6)33(7,8)42-35;1-27(2)28(3,4)35-31(34-27)20-14-16-25-23(18-20)24-19-21(32-36-29(5,6)30(7,8)37-32)15-17-26(24)33(25)22-12-10-9-11-13-22;25-24-13-7-12-20(17-24)23-15-21(18-8-3-1-4-9-18)14-22(16-23)19-10-5-2-6-11-19;19-12-6-8-17-15(10-12)16-11-13(20)7-9-18(16)21(17)14-4-2-1-3-5-14;13-11-5-1-3-9(7-11)10-4-2-6-12(14)8-10/h9-21H,1-8H3;9-19H,1-8H3;1-17H;1-11H;1-8H. The van der Waals surface area contributed by atoms with Crippen molar-refractivity contribution in [2.45, 2.75) is 156 Å². The highest BCUT2D eigenvalue weighted by Gasteiger charge is 2.55. The summed E-state index contributed by atoms with van der Waals surface area (Å²) in [5.41, 5.74) is 20.0. The Hall–Kier alpha value is -10.8. The number of aromatic nitrogens is 5. The Balaban J connectivity index is 0.000000120. The molecular weight excluding hydrogens is 2050 g/mol. The number of nitrogens with zero attached hydrogens (tertiary/aromatic N) is 5. The first-order valence-electron chi connectivity index (χ1n) is 46.9. The van der Waals surface area contributed by atoms with Crippen LogP contribution >= 0.6 is 79.6 Å². The summed E-state index contributed by atoms with van der Waals surface area (Å²) in [4.78, 5) is 14.8. The van der Waals surface area contributed by atoms with Crippen LogP contribution in [0, 0.1) is 0 Å². The monoisotopic (exact) mass is 2150 g/mol. The zero-order chi connectivity index (χ0) is 97.7. The van der Waals surface area contributed by atoms with E-state index in [2.05, 4.69) is 448 Å². The van der Waals surface area contributed by atoms with Crippen LogP contribution in [0.3, 0.4) is 0 Å². The number of rotatable bonds is 13. The highest BCUT2D eigenvalue weighted by atomic mass is 79.9. The SMILES string of the molecule is Brc1ccc2c(c1)c1cc(Br)ccc1n2-c1ccccc1.Brc1cccc(-c2cc(-c3ccccc3)cc(-c3ccccc3)c2)c1.Brc1cccc(-c2cccc(Br)c2)c1.CC1(C)OB(c2ccc3c(c2)c2cc(B4OC(C)(C)C(C)(C)O4)ccc2n3-c2ccccc2)OC1(C)C.CC1(C)OB(c2cccc(-c3nc(-c4ccccc4)nc(-c4cccc(B5OC(C)(C)C(C)(C)O5)c4)n3)c2)OC1(C)C. The molecule has 4 aliphatic rings. The number of fused-ring (bicyclic) bond motifs is 6. The molecule has 0 radical (unpaired) electrons. The van der Waals surface area contributed by atoms with Crippen LogP contribution in [0.25, 0.3) is 134 Å². The fourth-order valence-electron chi connectivity index (χ4n) is 17.3. The number of benzene rings is 15. The number of hydrogen-bond donors (Lipinski definition) is 0. The normalized spacial score (nSPS) is 16.6. The Labute approximate surface area is 859 Å². The molecule has 22 heteroatoms. The van der Waals surface area contributed by atoms with Crippen molar-refractivity contribution in [3.8, 4) is 90.0 Å². The van der Waals surface area contributed by atoms with Crippen molar-refractivity contribution in [1.29, 1.82) is 0 Å². The average Bonchev–Trinajstić information content (AvgIpc) is 1.63. The molecule has 4 aliphatic heterocycles. The third kappa shape index (κ3) is 21.1. The minimum atomic E-state index is -0.485. The van der Waals surface area contributed by atoms with Gasteiger partial charge in [-0.15, -0.1) is 0 Å². The van der Waals surface area contributed by atoms with Gasteiger partial charge in [0.1, 0.15) is 0 Å². The Bertz CT molecular complexity index is 7120. The first-order chi connectivity index (χ1) is 66.3. The Morgan fingerprint density at radius 1 is 0.187 bits per heavy atom. The quantitative estimate of drug-likeness (QED) is 0.103. The summed E-state index contributed by atoms with van der Waals surface area (Å²) in [6, 6.07) is 126. The Morgan fingerprint density at radius 2 is 0.410 bits per heavy atom. The van der Waals surface area contributed by atoms with E-state index in [0.717, 1.165) is 88.4 Å². The molecule has 13 nitrogen and oxygen atoms in total. The van der Waals surface area contributed by atoms with E-state index in [1.54, 1.807) is 0 Å². The van der Waals surface area contributed by atoms with Crippen molar-refractivity contribution in [2.24, 2.45) is 0 Å². The molecule has 0 bridgehead atoms. The minimum Gasteiger partial charge on any atom is -0.399 e. The predicted octanol–water partition coefficient (Wildman–Crippen LogP) is 29.5. The average molecular weight is 2150 g/mol. The first-order valence-corrected chi connectivity index (χ1v) is 50.9. The van der Waals surface area contributed by atoms with Gasteiger partial charge in [0, 0.05) is 72.0 Å². The van der Waals surface area contributed by atoms with Gasteiger partial charge in [0.15, 0.2) is 17.5 Å². The second kappa shape index (κ2) is 40.0. The summed E-state index contributed by atoms with van der Waals surface area (Å²) in [6.45, 7) is 33.1. The first kappa shape index (κ1) is 98.4. The summed E-state index contributed by atoms with van der Waals surface area (Å²) in [7, 11) is -1.81. The molecule has 0 saturated carbocycles. The smallest absolute Gasteiger partial charge is 0.399 e. The number of para-hydroxylation sites is 2. The molecule has 18 aromatic rings. The zero-order valence-electron chi connectivity index (χ0n) is 80.8. The predicted molar refractivity (Wildman–Crippen MR) is 594 cm³/mol. The van der Waals surface area contributed by atoms with Crippen LogP contribution in [0.4, 0.5) is 0 Å². The van der Waals surface area contributed by atoms with E-state index < -0.39 is 73.3 Å². The Kier molecular flexibility index (Phi) is 28.3. The lowest BCUT2D eigenvalue weighted by Gasteiger charge is -2.32. The second-order valence-electron chi connectivity index (χ2n) is 39.6. The maximum absolute atomic E-state index is 6.38. The van der Waals surface area contributed by atoms with Gasteiger partial charge in [-0.2, -0.15) is 0 Å². The summed E-state index contributed by atoms with van der Waals surface area (Å²) < 4.78 is 60.9. The molecule has 4 fully saturated rings. The van der Waals surface area contributed by atoms with Crippen molar-refractivity contribution < 1.29 is 37.2 Å². The van der Waals surface area contributed by atoms with Crippen LogP contribution in [0.5, 0.6) is 0 Å². The number of halogens is 5. The van der Waals surface area contributed by atoms with Gasteiger partial charge in [-0.25, -0.2) is 15.0 Å². The van der Waals surface area contributed by atoms with Crippen molar-refractivity contribution in [3.63, 3.8) is 0 Å². The van der Waals surface area contributed by atoms with Crippen molar-refractivity contribution in [2.75, 3.05) is 0 Å². The highest BCUT2D eigenvalue weighted by Crippen LogP contribution is 2.45. The minimum absolute atomic E-state index is 0.394. The zero-order valence-corrected chi connectivity index (χ0v) is 88.8. The largest absolute Gasteiger partial charge is 0.494 e. The lowest BCUT2D eigenvalue weighted by atomic mass is 9.77. The van der Waals surface area contributed by atoms with E-state index in [0.29, 0.717) is 17.5 Å². The van der Waals surface area contributed by atoms with E-state index in [1.807, 2.05) is 115 Å². The van der Waals surface area contributed by atoms with Gasteiger partial charge in [0.05, 0.1) is 66.9 Å². The third-order valence-electron chi connectivity index (χ3n) is 27.9.